The van der Waals surface area contributed by atoms with Gasteiger partial charge in [-0.1, -0.05) is 48.5 Å². The molecule has 33 heavy (non-hydrogen) atoms. The third-order valence-corrected chi connectivity index (χ3v) is 7.09. The Labute approximate surface area is 196 Å². The first-order valence-corrected chi connectivity index (χ1v) is 12.0. The van der Waals surface area contributed by atoms with E-state index in [4.69, 9.17) is 4.74 Å². The van der Waals surface area contributed by atoms with Crippen molar-refractivity contribution in [2.75, 3.05) is 39.3 Å². The summed E-state index contributed by atoms with van der Waals surface area (Å²) >= 11 is 0. The van der Waals surface area contributed by atoms with E-state index >= 15 is 0 Å². The molecule has 0 radical (unpaired) electrons. The fourth-order valence-corrected chi connectivity index (χ4v) is 5.26. The zero-order valence-corrected chi connectivity index (χ0v) is 19.5. The molecule has 0 bridgehead atoms. The SMILES string of the molecule is CC(=O)N1CCN(CC2(O)CCC(c3ccccc3)CC2)C[C@](O)(COc2ccccc2)C1. The lowest BCUT2D eigenvalue weighted by molar-refractivity contribution is -0.132. The number of carbonyl (C=O) groups is 1. The molecule has 6 nitrogen and oxygen atoms in total. The Morgan fingerprint density at radius 1 is 0.939 bits per heavy atom. The van der Waals surface area contributed by atoms with Crippen LogP contribution in [0.15, 0.2) is 60.7 Å². The van der Waals surface area contributed by atoms with Crippen LogP contribution in [0, 0.1) is 0 Å². The molecule has 2 aromatic carbocycles. The molecule has 1 heterocycles. The fourth-order valence-electron chi connectivity index (χ4n) is 5.26. The summed E-state index contributed by atoms with van der Waals surface area (Å²) in [4.78, 5) is 15.9. The van der Waals surface area contributed by atoms with Gasteiger partial charge in [0.1, 0.15) is 18.0 Å². The lowest BCUT2D eigenvalue weighted by Crippen LogP contribution is -2.54. The third-order valence-electron chi connectivity index (χ3n) is 7.09. The van der Waals surface area contributed by atoms with Crippen molar-refractivity contribution in [2.24, 2.45) is 0 Å². The van der Waals surface area contributed by atoms with Crippen LogP contribution in [0.4, 0.5) is 0 Å². The second kappa shape index (κ2) is 10.2. The first-order valence-electron chi connectivity index (χ1n) is 12.0. The molecule has 1 aliphatic carbocycles. The average molecular weight is 453 g/mol. The molecule has 1 atom stereocenters. The van der Waals surface area contributed by atoms with E-state index < -0.39 is 11.2 Å². The number of ether oxygens (including phenoxy) is 1. The zero-order valence-electron chi connectivity index (χ0n) is 19.5. The maximum Gasteiger partial charge on any atom is 0.219 e. The van der Waals surface area contributed by atoms with Gasteiger partial charge in [0.2, 0.25) is 5.91 Å². The van der Waals surface area contributed by atoms with Gasteiger partial charge in [-0.25, -0.2) is 0 Å². The van der Waals surface area contributed by atoms with Crippen molar-refractivity contribution in [3.8, 4) is 5.75 Å². The first kappa shape index (κ1) is 23.7. The smallest absolute Gasteiger partial charge is 0.219 e. The molecular formula is C27H36N2O4. The Hall–Kier alpha value is -2.41. The molecular weight excluding hydrogens is 416 g/mol. The number of para-hydroxylation sites is 1. The van der Waals surface area contributed by atoms with Gasteiger partial charge in [-0.3, -0.25) is 9.69 Å². The lowest BCUT2D eigenvalue weighted by Gasteiger charge is -2.40. The van der Waals surface area contributed by atoms with Crippen LogP contribution in [-0.2, 0) is 4.79 Å². The number of carbonyl (C=O) groups excluding carboxylic acids is 1. The zero-order chi connectivity index (χ0) is 23.3. The molecule has 1 aliphatic heterocycles. The maximum atomic E-state index is 12.2. The minimum atomic E-state index is -1.21. The van der Waals surface area contributed by atoms with Crippen LogP contribution in [-0.4, -0.2) is 76.5 Å². The second-order valence-corrected chi connectivity index (χ2v) is 9.89. The molecule has 0 aromatic heterocycles. The molecule has 1 amide bonds. The molecule has 1 saturated carbocycles. The Balaban J connectivity index is 1.40. The van der Waals surface area contributed by atoms with E-state index in [0.29, 0.717) is 37.8 Å². The molecule has 6 heteroatoms. The van der Waals surface area contributed by atoms with Crippen molar-refractivity contribution < 1.29 is 19.7 Å². The van der Waals surface area contributed by atoms with E-state index in [9.17, 15) is 15.0 Å². The van der Waals surface area contributed by atoms with Crippen LogP contribution in [0.1, 0.15) is 44.1 Å². The number of rotatable bonds is 6. The Kier molecular flexibility index (Phi) is 7.37. The van der Waals surface area contributed by atoms with E-state index in [1.807, 2.05) is 36.4 Å². The van der Waals surface area contributed by atoms with Gasteiger partial charge in [0.05, 0.1) is 12.1 Å². The molecule has 1 saturated heterocycles. The summed E-state index contributed by atoms with van der Waals surface area (Å²) in [5, 5.41) is 22.9. The highest BCUT2D eigenvalue weighted by Crippen LogP contribution is 2.38. The minimum absolute atomic E-state index is 0.0583. The van der Waals surface area contributed by atoms with Crippen LogP contribution in [0.2, 0.25) is 0 Å². The highest BCUT2D eigenvalue weighted by atomic mass is 16.5. The van der Waals surface area contributed by atoms with Crippen molar-refractivity contribution in [3.05, 3.63) is 66.2 Å². The molecule has 2 aliphatic rings. The summed E-state index contributed by atoms with van der Waals surface area (Å²) in [5.41, 5.74) is -0.646. The van der Waals surface area contributed by atoms with Crippen molar-refractivity contribution in [2.45, 2.75) is 49.7 Å². The molecule has 4 rings (SSSR count). The normalized spacial score (nSPS) is 28.8. The van der Waals surface area contributed by atoms with Crippen molar-refractivity contribution >= 4 is 5.91 Å². The number of hydrogen-bond acceptors (Lipinski definition) is 5. The third kappa shape index (κ3) is 6.34. The van der Waals surface area contributed by atoms with Gasteiger partial charge in [-0.2, -0.15) is 0 Å². The number of aliphatic hydroxyl groups is 2. The fraction of sp³-hybridized carbons (Fsp3) is 0.519. The molecule has 0 unspecified atom stereocenters. The predicted octanol–water partition coefficient (Wildman–Crippen LogP) is 3.05. The van der Waals surface area contributed by atoms with Gasteiger partial charge in [0.15, 0.2) is 0 Å². The topological polar surface area (TPSA) is 73.2 Å². The van der Waals surface area contributed by atoms with Gasteiger partial charge in [0, 0.05) is 33.1 Å². The van der Waals surface area contributed by atoms with E-state index in [1.54, 1.807) is 4.90 Å². The van der Waals surface area contributed by atoms with Crippen LogP contribution in [0.5, 0.6) is 5.75 Å². The summed E-state index contributed by atoms with van der Waals surface area (Å²) in [6.45, 7) is 3.85. The summed E-state index contributed by atoms with van der Waals surface area (Å²) in [6.07, 6.45) is 3.38. The number of β-amino-alcohol motifs (C(OH)–C–C–N with tert-alkyl or cyclic N) is 2. The summed E-state index contributed by atoms with van der Waals surface area (Å²) in [6, 6.07) is 19.9. The standard InChI is InChI=1S/C27H36N2O4/c1-22(30)29-17-16-28(19-27(32,20-29)21-33-25-10-6-3-7-11-25)18-26(31)14-12-24(13-15-26)23-8-4-2-5-9-23/h2-11,24,31-32H,12-21H2,1H3/t24?,26?,27-/m1/s1. The van der Waals surface area contributed by atoms with Crippen molar-refractivity contribution in [1.82, 2.24) is 9.80 Å². The van der Waals surface area contributed by atoms with Crippen LogP contribution in [0.25, 0.3) is 0 Å². The summed E-state index contributed by atoms with van der Waals surface area (Å²) in [5.74, 6) is 1.12. The molecule has 178 valence electrons. The Morgan fingerprint density at radius 3 is 2.21 bits per heavy atom. The van der Waals surface area contributed by atoms with Gasteiger partial charge in [-0.05, 0) is 49.3 Å². The molecule has 2 N–H and O–H groups in total. The molecule has 0 spiro atoms. The molecule has 2 fully saturated rings. The largest absolute Gasteiger partial charge is 0.490 e. The van der Waals surface area contributed by atoms with Crippen LogP contribution < -0.4 is 4.74 Å². The van der Waals surface area contributed by atoms with E-state index in [1.165, 1.54) is 12.5 Å². The second-order valence-electron chi connectivity index (χ2n) is 9.89. The van der Waals surface area contributed by atoms with Gasteiger partial charge >= 0.3 is 0 Å². The van der Waals surface area contributed by atoms with Crippen LogP contribution >= 0.6 is 0 Å². The number of nitrogens with zero attached hydrogens (tertiary/aromatic N) is 2. The van der Waals surface area contributed by atoms with E-state index in [-0.39, 0.29) is 19.1 Å². The first-order chi connectivity index (χ1) is 15.8. The highest BCUT2D eigenvalue weighted by Gasteiger charge is 2.41. The number of amides is 1. The van der Waals surface area contributed by atoms with Crippen molar-refractivity contribution in [1.29, 1.82) is 0 Å². The van der Waals surface area contributed by atoms with Gasteiger partial charge < -0.3 is 19.8 Å². The van der Waals surface area contributed by atoms with E-state index in [2.05, 4.69) is 29.2 Å². The minimum Gasteiger partial charge on any atom is -0.490 e. The Bertz CT molecular complexity index is 899. The monoisotopic (exact) mass is 452 g/mol. The number of benzene rings is 2. The molecule has 2 aromatic rings. The summed E-state index contributed by atoms with van der Waals surface area (Å²) < 4.78 is 5.88. The van der Waals surface area contributed by atoms with E-state index in [0.717, 1.165) is 25.7 Å². The highest BCUT2D eigenvalue weighted by molar-refractivity contribution is 5.73. The number of hydrogen-bond donors (Lipinski definition) is 2. The maximum absolute atomic E-state index is 12.2. The van der Waals surface area contributed by atoms with Crippen LogP contribution in [0.3, 0.4) is 0 Å². The lowest BCUT2D eigenvalue weighted by atomic mass is 9.76. The van der Waals surface area contributed by atoms with Gasteiger partial charge in [0.25, 0.3) is 0 Å². The average Bonchev–Trinajstić information content (AvgIpc) is 2.98. The predicted molar refractivity (Wildman–Crippen MR) is 128 cm³/mol. The van der Waals surface area contributed by atoms with Gasteiger partial charge in [-0.15, -0.1) is 0 Å². The van der Waals surface area contributed by atoms with Crippen molar-refractivity contribution in [3.63, 3.8) is 0 Å². The summed E-state index contributed by atoms with van der Waals surface area (Å²) in [7, 11) is 0. The Morgan fingerprint density at radius 2 is 1.58 bits per heavy atom. The quantitative estimate of drug-likeness (QED) is 0.705.